The number of rotatable bonds is 6. The van der Waals surface area contributed by atoms with Gasteiger partial charge in [-0.25, -0.2) is 0 Å². The summed E-state index contributed by atoms with van der Waals surface area (Å²) in [5.41, 5.74) is 0.962. The maximum atomic E-state index is 9.87. The van der Waals surface area contributed by atoms with Gasteiger partial charge in [-0.3, -0.25) is 0 Å². The first kappa shape index (κ1) is 15.0. The molecule has 1 aromatic heterocycles. The summed E-state index contributed by atoms with van der Waals surface area (Å²) in [7, 11) is 0. The Hall–Kier alpha value is -1.39. The lowest BCUT2D eigenvalue weighted by atomic mass is 10.0. The molecule has 1 heterocycles. The van der Waals surface area contributed by atoms with Crippen molar-refractivity contribution >= 4 is 11.6 Å². The van der Waals surface area contributed by atoms with Crippen molar-refractivity contribution in [2.24, 2.45) is 5.92 Å². The second-order valence-corrected chi connectivity index (χ2v) is 5.77. The van der Waals surface area contributed by atoms with Crippen molar-refractivity contribution < 1.29 is 9.63 Å². The molecule has 0 radical (unpaired) electrons. The van der Waals surface area contributed by atoms with E-state index >= 15 is 0 Å². The molecule has 1 unspecified atom stereocenters. The van der Waals surface area contributed by atoms with Crippen molar-refractivity contribution in [2.45, 2.75) is 39.2 Å². The molecule has 0 aliphatic carbocycles. The Labute approximate surface area is 123 Å². The summed E-state index contributed by atoms with van der Waals surface area (Å²) in [5, 5.41) is 14.5. The molecule has 108 valence electrons. The van der Waals surface area contributed by atoms with Crippen LogP contribution in [0.1, 0.15) is 37.5 Å². The van der Waals surface area contributed by atoms with Crippen LogP contribution in [-0.2, 0) is 12.8 Å². The predicted octanol–water partition coefficient (Wildman–Crippen LogP) is 3.26. The van der Waals surface area contributed by atoms with Gasteiger partial charge in [0.05, 0.1) is 12.5 Å². The smallest absolute Gasteiger partial charge is 0.229 e. The molecule has 20 heavy (non-hydrogen) atoms. The van der Waals surface area contributed by atoms with Crippen LogP contribution in [0.5, 0.6) is 0 Å². The van der Waals surface area contributed by atoms with Gasteiger partial charge < -0.3 is 9.63 Å². The predicted molar refractivity (Wildman–Crippen MR) is 77.7 cm³/mol. The van der Waals surface area contributed by atoms with E-state index in [2.05, 4.69) is 24.0 Å². The molecule has 4 nitrogen and oxygen atoms in total. The minimum atomic E-state index is -0.441. The van der Waals surface area contributed by atoms with Crippen molar-refractivity contribution in [3.8, 4) is 0 Å². The highest BCUT2D eigenvalue weighted by Crippen LogP contribution is 2.18. The first-order valence-corrected chi connectivity index (χ1v) is 7.15. The first-order valence-electron chi connectivity index (χ1n) is 6.77. The van der Waals surface area contributed by atoms with E-state index in [0.29, 0.717) is 35.5 Å². The molecule has 5 heteroatoms. The average Bonchev–Trinajstić information content (AvgIpc) is 2.78. The summed E-state index contributed by atoms with van der Waals surface area (Å²) in [4.78, 5) is 4.30. The van der Waals surface area contributed by atoms with Crippen molar-refractivity contribution in [2.75, 3.05) is 0 Å². The summed E-state index contributed by atoms with van der Waals surface area (Å²) in [5.74, 6) is 1.50. The normalized spacial score (nSPS) is 12.8. The quantitative estimate of drug-likeness (QED) is 0.888. The summed E-state index contributed by atoms with van der Waals surface area (Å²) < 4.78 is 5.16. The zero-order valence-electron chi connectivity index (χ0n) is 11.7. The molecule has 0 amide bonds. The van der Waals surface area contributed by atoms with Gasteiger partial charge in [0.25, 0.3) is 0 Å². The molecule has 1 atom stereocenters. The Bertz CT molecular complexity index is 554. The van der Waals surface area contributed by atoms with Crippen LogP contribution in [0.15, 0.2) is 28.8 Å². The monoisotopic (exact) mass is 294 g/mol. The van der Waals surface area contributed by atoms with Gasteiger partial charge in [0.15, 0.2) is 5.82 Å². The summed E-state index contributed by atoms with van der Waals surface area (Å²) in [6.45, 7) is 4.14. The van der Waals surface area contributed by atoms with Gasteiger partial charge in [0, 0.05) is 11.4 Å². The standard InChI is InChI=1S/C15H19ClN2O2/c1-10(2)7-12(19)9-15-17-14(18-20-15)8-11-5-3-4-6-13(11)16/h3-6,10,12,19H,7-9H2,1-2H3. The van der Waals surface area contributed by atoms with E-state index in [4.69, 9.17) is 16.1 Å². The van der Waals surface area contributed by atoms with E-state index in [-0.39, 0.29) is 0 Å². The van der Waals surface area contributed by atoms with Crippen LogP contribution in [0, 0.1) is 5.92 Å². The fraction of sp³-hybridized carbons (Fsp3) is 0.467. The molecule has 2 aromatic rings. The Morgan fingerprint density at radius 1 is 1.30 bits per heavy atom. The fourth-order valence-electron chi connectivity index (χ4n) is 2.09. The van der Waals surface area contributed by atoms with Crippen LogP contribution in [0.2, 0.25) is 5.02 Å². The zero-order valence-corrected chi connectivity index (χ0v) is 12.5. The second kappa shape index (κ2) is 6.86. The molecule has 0 fully saturated rings. The highest BCUT2D eigenvalue weighted by molar-refractivity contribution is 6.31. The van der Waals surface area contributed by atoms with Crippen molar-refractivity contribution in [1.82, 2.24) is 10.1 Å². The lowest BCUT2D eigenvalue weighted by molar-refractivity contribution is 0.138. The molecule has 1 N–H and O–H groups in total. The largest absolute Gasteiger partial charge is 0.393 e. The molecular weight excluding hydrogens is 276 g/mol. The summed E-state index contributed by atoms with van der Waals surface area (Å²) in [6.07, 6.45) is 1.21. The number of nitrogens with zero attached hydrogens (tertiary/aromatic N) is 2. The third-order valence-corrected chi connectivity index (χ3v) is 3.34. The fourth-order valence-corrected chi connectivity index (χ4v) is 2.29. The molecule has 0 saturated heterocycles. The van der Waals surface area contributed by atoms with Gasteiger partial charge in [-0.15, -0.1) is 0 Å². The van der Waals surface area contributed by atoms with Crippen LogP contribution < -0.4 is 0 Å². The van der Waals surface area contributed by atoms with Gasteiger partial charge in [0.2, 0.25) is 5.89 Å². The van der Waals surface area contributed by atoms with Gasteiger partial charge in [0.1, 0.15) is 0 Å². The van der Waals surface area contributed by atoms with Crippen LogP contribution in [0.3, 0.4) is 0 Å². The van der Waals surface area contributed by atoms with Gasteiger partial charge in [-0.1, -0.05) is 48.8 Å². The van der Waals surface area contributed by atoms with Crippen LogP contribution in [-0.4, -0.2) is 21.4 Å². The Kier molecular flexibility index (Phi) is 5.15. The minimum absolute atomic E-state index is 0.397. The zero-order chi connectivity index (χ0) is 14.5. The lowest BCUT2D eigenvalue weighted by Gasteiger charge is -2.09. The number of halogens is 1. The maximum Gasteiger partial charge on any atom is 0.229 e. The number of hydrogen-bond donors (Lipinski definition) is 1. The SMILES string of the molecule is CC(C)CC(O)Cc1nc(Cc2ccccc2Cl)no1. The third-order valence-electron chi connectivity index (χ3n) is 2.97. The maximum absolute atomic E-state index is 9.87. The first-order chi connectivity index (χ1) is 9.54. The summed E-state index contributed by atoms with van der Waals surface area (Å²) in [6, 6.07) is 7.58. The average molecular weight is 295 g/mol. The van der Waals surface area contributed by atoms with Crippen LogP contribution in [0.4, 0.5) is 0 Å². The number of aliphatic hydroxyl groups excluding tert-OH is 1. The molecule has 0 aliphatic heterocycles. The van der Waals surface area contributed by atoms with E-state index < -0.39 is 6.10 Å². The highest BCUT2D eigenvalue weighted by atomic mass is 35.5. The van der Waals surface area contributed by atoms with Gasteiger partial charge in [-0.2, -0.15) is 4.98 Å². The Morgan fingerprint density at radius 3 is 2.75 bits per heavy atom. The lowest BCUT2D eigenvalue weighted by Crippen LogP contribution is -2.13. The minimum Gasteiger partial charge on any atom is -0.393 e. The number of benzene rings is 1. The van der Waals surface area contributed by atoms with E-state index in [1.54, 1.807) is 0 Å². The molecule has 0 spiro atoms. The molecule has 0 aliphatic rings. The molecule has 0 saturated carbocycles. The number of aromatic nitrogens is 2. The van der Waals surface area contributed by atoms with E-state index in [9.17, 15) is 5.11 Å². The van der Waals surface area contributed by atoms with E-state index in [0.717, 1.165) is 12.0 Å². The van der Waals surface area contributed by atoms with Gasteiger partial charge in [-0.05, 0) is 24.0 Å². The van der Waals surface area contributed by atoms with Crippen LogP contribution in [0.25, 0.3) is 0 Å². The number of hydrogen-bond acceptors (Lipinski definition) is 4. The molecule has 1 aromatic carbocycles. The van der Waals surface area contributed by atoms with E-state index in [1.165, 1.54) is 0 Å². The summed E-state index contributed by atoms with van der Waals surface area (Å²) >= 11 is 6.10. The molecular formula is C15H19ClN2O2. The molecule has 2 rings (SSSR count). The van der Waals surface area contributed by atoms with Crippen molar-refractivity contribution in [1.29, 1.82) is 0 Å². The molecule has 0 bridgehead atoms. The number of aliphatic hydroxyl groups is 1. The highest BCUT2D eigenvalue weighted by Gasteiger charge is 2.14. The van der Waals surface area contributed by atoms with Crippen molar-refractivity contribution in [3.63, 3.8) is 0 Å². The van der Waals surface area contributed by atoms with Crippen LogP contribution >= 0.6 is 11.6 Å². The Morgan fingerprint density at radius 2 is 2.05 bits per heavy atom. The third kappa shape index (κ3) is 4.32. The van der Waals surface area contributed by atoms with Crippen molar-refractivity contribution in [3.05, 3.63) is 46.6 Å². The van der Waals surface area contributed by atoms with E-state index in [1.807, 2.05) is 24.3 Å². The topological polar surface area (TPSA) is 59.2 Å². The van der Waals surface area contributed by atoms with Gasteiger partial charge >= 0.3 is 0 Å². The second-order valence-electron chi connectivity index (χ2n) is 5.36. The Balaban J connectivity index is 1.97.